The number of carbonyl (C=O) groups excluding carboxylic acids is 1. The highest BCUT2D eigenvalue weighted by Gasteiger charge is 2.37. The third-order valence-corrected chi connectivity index (χ3v) is 5.98. The Morgan fingerprint density at radius 3 is 2.62 bits per heavy atom. The van der Waals surface area contributed by atoms with Crippen LogP contribution in [0.1, 0.15) is 17.5 Å². The molecule has 0 aliphatic rings. The van der Waals surface area contributed by atoms with Crippen LogP contribution in [0.15, 0.2) is 60.1 Å². The number of carbonyl (C=O) groups is 1. The van der Waals surface area contributed by atoms with E-state index in [4.69, 9.17) is 4.98 Å². The summed E-state index contributed by atoms with van der Waals surface area (Å²) in [7, 11) is 0. The highest BCUT2D eigenvalue weighted by atomic mass is 32.1. The standard InChI is InChI=1S/C19H16N4OS2/c1-19(13-7-3-2-4-8-13,17(24)22-18-23-20-12-25-18)11-16-21-14-9-5-6-10-15(14)26-16/h2-10,12H,11H2,1H3,(H,22,23,24). The molecule has 1 amide bonds. The van der Waals surface area contributed by atoms with Gasteiger partial charge in [-0.05, 0) is 24.6 Å². The van der Waals surface area contributed by atoms with Gasteiger partial charge in [0.2, 0.25) is 11.0 Å². The predicted octanol–water partition coefficient (Wildman–Crippen LogP) is 4.29. The molecule has 0 aliphatic carbocycles. The average Bonchev–Trinajstić information content (AvgIpc) is 3.31. The molecule has 1 atom stereocenters. The molecule has 4 rings (SSSR count). The number of aromatic nitrogens is 3. The topological polar surface area (TPSA) is 67.8 Å². The molecule has 7 heteroatoms. The summed E-state index contributed by atoms with van der Waals surface area (Å²) >= 11 is 2.93. The van der Waals surface area contributed by atoms with Gasteiger partial charge in [-0.15, -0.1) is 21.5 Å². The van der Waals surface area contributed by atoms with Crippen LogP contribution in [-0.4, -0.2) is 21.1 Å². The maximum absolute atomic E-state index is 13.2. The van der Waals surface area contributed by atoms with E-state index >= 15 is 0 Å². The summed E-state index contributed by atoms with van der Waals surface area (Å²) in [6.07, 6.45) is 0.515. The van der Waals surface area contributed by atoms with Crippen molar-refractivity contribution in [2.75, 3.05) is 5.32 Å². The minimum atomic E-state index is -0.763. The van der Waals surface area contributed by atoms with E-state index in [1.807, 2.05) is 55.5 Å². The third-order valence-electron chi connectivity index (χ3n) is 4.34. The Balaban J connectivity index is 1.71. The van der Waals surface area contributed by atoms with Crippen LogP contribution >= 0.6 is 22.7 Å². The largest absolute Gasteiger partial charge is 0.300 e. The number of rotatable bonds is 5. The van der Waals surface area contributed by atoms with E-state index < -0.39 is 5.41 Å². The molecular weight excluding hydrogens is 364 g/mol. The summed E-state index contributed by atoms with van der Waals surface area (Å²) in [6, 6.07) is 17.8. The number of para-hydroxylation sites is 1. The second-order valence-corrected chi connectivity index (χ2v) is 8.10. The van der Waals surface area contributed by atoms with E-state index in [0.29, 0.717) is 11.6 Å². The lowest BCUT2D eigenvalue weighted by Crippen LogP contribution is -2.39. The van der Waals surface area contributed by atoms with Crippen molar-refractivity contribution in [3.05, 3.63) is 70.7 Å². The average molecular weight is 380 g/mol. The summed E-state index contributed by atoms with van der Waals surface area (Å²) in [5, 5.41) is 12.0. The van der Waals surface area contributed by atoms with Crippen molar-refractivity contribution in [3.63, 3.8) is 0 Å². The van der Waals surface area contributed by atoms with E-state index in [9.17, 15) is 4.79 Å². The number of amides is 1. The molecule has 1 N–H and O–H groups in total. The van der Waals surface area contributed by atoms with Gasteiger partial charge in [0.15, 0.2) is 0 Å². The number of thiazole rings is 1. The molecule has 26 heavy (non-hydrogen) atoms. The van der Waals surface area contributed by atoms with Crippen molar-refractivity contribution in [2.45, 2.75) is 18.8 Å². The lowest BCUT2D eigenvalue weighted by atomic mass is 9.78. The number of fused-ring (bicyclic) bond motifs is 1. The number of benzene rings is 2. The molecule has 4 aromatic rings. The fourth-order valence-electron chi connectivity index (χ4n) is 2.88. The Hall–Kier alpha value is -2.64. The van der Waals surface area contributed by atoms with Crippen LogP contribution in [0, 0.1) is 0 Å². The summed E-state index contributed by atoms with van der Waals surface area (Å²) in [5.41, 5.74) is 2.75. The van der Waals surface area contributed by atoms with Gasteiger partial charge in [-0.2, -0.15) is 0 Å². The molecular formula is C19H16N4OS2. The summed E-state index contributed by atoms with van der Waals surface area (Å²) in [6.45, 7) is 1.95. The SMILES string of the molecule is CC(Cc1nc2ccccc2s1)(C(=O)Nc1nncs1)c1ccccc1. The maximum Gasteiger partial charge on any atom is 0.237 e. The lowest BCUT2D eigenvalue weighted by Gasteiger charge is -2.27. The van der Waals surface area contributed by atoms with Crippen molar-refractivity contribution >= 4 is 43.9 Å². The van der Waals surface area contributed by atoms with Crippen LogP contribution in [0.2, 0.25) is 0 Å². The van der Waals surface area contributed by atoms with Crippen LogP contribution in [0.4, 0.5) is 5.13 Å². The van der Waals surface area contributed by atoms with Gasteiger partial charge in [0, 0.05) is 6.42 Å². The van der Waals surface area contributed by atoms with E-state index in [1.54, 1.807) is 16.8 Å². The first-order chi connectivity index (χ1) is 12.6. The highest BCUT2D eigenvalue weighted by molar-refractivity contribution is 7.18. The first-order valence-electron chi connectivity index (χ1n) is 8.13. The molecule has 2 aromatic carbocycles. The molecule has 2 aromatic heterocycles. The molecule has 0 spiro atoms. The molecule has 2 heterocycles. The van der Waals surface area contributed by atoms with Gasteiger partial charge in [-0.1, -0.05) is 53.8 Å². The normalized spacial score (nSPS) is 13.4. The fourth-order valence-corrected chi connectivity index (χ4v) is 4.44. The monoisotopic (exact) mass is 380 g/mol. The van der Waals surface area contributed by atoms with Crippen molar-refractivity contribution in [2.24, 2.45) is 0 Å². The molecule has 0 saturated heterocycles. The minimum Gasteiger partial charge on any atom is -0.300 e. The van der Waals surface area contributed by atoms with Gasteiger partial charge in [-0.25, -0.2) is 4.98 Å². The van der Waals surface area contributed by atoms with Crippen molar-refractivity contribution in [3.8, 4) is 0 Å². The zero-order valence-electron chi connectivity index (χ0n) is 14.0. The van der Waals surface area contributed by atoms with Crippen LogP contribution in [-0.2, 0) is 16.6 Å². The van der Waals surface area contributed by atoms with Crippen LogP contribution < -0.4 is 5.32 Å². The molecule has 130 valence electrons. The molecule has 5 nitrogen and oxygen atoms in total. The Bertz CT molecular complexity index is 997. The molecule has 0 bridgehead atoms. The second kappa shape index (κ2) is 6.93. The van der Waals surface area contributed by atoms with E-state index in [1.165, 1.54) is 11.3 Å². The van der Waals surface area contributed by atoms with Crippen LogP contribution in [0.3, 0.4) is 0 Å². The fraction of sp³-hybridized carbons (Fsp3) is 0.158. The smallest absolute Gasteiger partial charge is 0.237 e. The summed E-state index contributed by atoms with van der Waals surface area (Å²) < 4.78 is 1.13. The second-order valence-electron chi connectivity index (χ2n) is 6.15. The quantitative estimate of drug-likeness (QED) is 0.561. The number of nitrogens with one attached hydrogen (secondary N) is 1. The van der Waals surface area contributed by atoms with Gasteiger partial charge >= 0.3 is 0 Å². The van der Waals surface area contributed by atoms with Gasteiger partial charge < -0.3 is 0 Å². The molecule has 1 unspecified atom stereocenters. The zero-order chi connectivity index (χ0) is 18.0. The van der Waals surface area contributed by atoms with E-state index in [2.05, 4.69) is 21.6 Å². The lowest BCUT2D eigenvalue weighted by molar-refractivity contribution is -0.121. The number of anilines is 1. The zero-order valence-corrected chi connectivity index (χ0v) is 15.7. The molecule has 0 fully saturated rings. The number of hydrogen-bond acceptors (Lipinski definition) is 6. The third kappa shape index (κ3) is 3.23. The first-order valence-corrected chi connectivity index (χ1v) is 9.82. The predicted molar refractivity (Wildman–Crippen MR) is 106 cm³/mol. The molecule has 0 radical (unpaired) electrons. The van der Waals surface area contributed by atoms with Crippen LogP contribution in [0.25, 0.3) is 10.2 Å². The van der Waals surface area contributed by atoms with Gasteiger partial charge in [0.1, 0.15) is 5.51 Å². The van der Waals surface area contributed by atoms with Gasteiger partial charge in [-0.3, -0.25) is 10.1 Å². The highest BCUT2D eigenvalue weighted by Crippen LogP contribution is 2.33. The number of nitrogens with zero attached hydrogens (tertiary/aromatic N) is 3. The Labute approximate surface area is 158 Å². The van der Waals surface area contributed by atoms with Gasteiger partial charge in [0.05, 0.1) is 20.6 Å². The molecule has 0 saturated carbocycles. The van der Waals surface area contributed by atoms with Crippen molar-refractivity contribution in [1.29, 1.82) is 0 Å². The van der Waals surface area contributed by atoms with E-state index in [-0.39, 0.29) is 5.91 Å². The maximum atomic E-state index is 13.2. The van der Waals surface area contributed by atoms with Crippen molar-refractivity contribution in [1.82, 2.24) is 15.2 Å². The molecule has 0 aliphatic heterocycles. The van der Waals surface area contributed by atoms with Gasteiger partial charge in [0.25, 0.3) is 0 Å². The number of hydrogen-bond donors (Lipinski definition) is 1. The minimum absolute atomic E-state index is 0.111. The van der Waals surface area contributed by atoms with Crippen molar-refractivity contribution < 1.29 is 4.79 Å². The Kier molecular flexibility index (Phi) is 4.48. The summed E-state index contributed by atoms with van der Waals surface area (Å²) in [5.74, 6) is -0.111. The Morgan fingerprint density at radius 1 is 1.12 bits per heavy atom. The first kappa shape index (κ1) is 16.8. The van der Waals surface area contributed by atoms with E-state index in [0.717, 1.165) is 20.8 Å². The van der Waals surface area contributed by atoms with Crippen LogP contribution in [0.5, 0.6) is 0 Å². The Morgan fingerprint density at radius 2 is 1.88 bits per heavy atom. The summed E-state index contributed by atoms with van der Waals surface area (Å²) in [4.78, 5) is 17.9.